The molecule has 2 aliphatic rings. The lowest BCUT2D eigenvalue weighted by atomic mass is 9.86. The number of nitrogens with zero attached hydrogens (tertiary/aromatic N) is 1. The lowest BCUT2D eigenvalue weighted by Gasteiger charge is -2.43. The molecule has 2 nitrogen and oxygen atoms in total. The average Bonchev–Trinajstić information content (AvgIpc) is 2.69. The second-order valence-electron chi connectivity index (χ2n) is 7.16. The van der Waals surface area contributed by atoms with E-state index in [1.807, 2.05) is 0 Å². The van der Waals surface area contributed by atoms with Crippen LogP contribution in [0.1, 0.15) is 50.3 Å². The first-order valence-corrected chi connectivity index (χ1v) is 8.70. The van der Waals surface area contributed by atoms with Crippen molar-refractivity contribution in [2.75, 3.05) is 20.1 Å². The lowest BCUT2D eigenvalue weighted by molar-refractivity contribution is 0.0729. The van der Waals surface area contributed by atoms with Crippen LogP contribution in [-0.2, 0) is 6.42 Å². The van der Waals surface area contributed by atoms with Crippen molar-refractivity contribution in [3.63, 3.8) is 0 Å². The summed E-state index contributed by atoms with van der Waals surface area (Å²) in [6.45, 7) is 7.39. The minimum atomic E-state index is 0.490. The first-order valence-electron chi connectivity index (χ1n) is 8.70. The van der Waals surface area contributed by atoms with Crippen LogP contribution in [0.4, 0.5) is 0 Å². The minimum absolute atomic E-state index is 0.490. The Bertz CT molecular complexity index is 470. The van der Waals surface area contributed by atoms with Crippen LogP contribution in [0.3, 0.4) is 0 Å². The molecule has 1 fully saturated rings. The second-order valence-corrected chi connectivity index (χ2v) is 7.16. The summed E-state index contributed by atoms with van der Waals surface area (Å²) in [4.78, 5) is 2.77. The van der Waals surface area contributed by atoms with Crippen molar-refractivity contribution in [2.24, 2.45) is 11.8 Å². The van der Waals surface area contributed by atoms with Gasteiger partial charge in [0, 0.05) is 18.6 Å². The molecule has 0 spiro atoms. The Morgan fingerprint density at radius 3 is 2.67 bits per heavy atom. The Balaban J connectivity index is 1.85. The van der Waals surface area contributed by atoms with E-state index in [-0.39, 0.29) is 0 Å². The van der Waals surface area contributed by atoms with E-state index in [9.17, 15) is 0 Å². The van der Waals surface area contributed by atoms with Crippen molar-refractivity contribution in [2.45, 2.75) is 51.6 Å². The molecule has 1 saturated heterocycles. The van der Waals surface area contributed by atoms with Crippen LogP contribution >= 0.6 is 0 Å². The molecule has 1 heterocycles. The summed E-state index contributed by atoms with van der Waals surface area (Å²) in [6.07, 6.45) is 5.24. The van der Waals surface area contributed by atoms with E-state index in [4.69, 9.17) is 0 Å². The van der Waals surface area contributed by atoms with Crippen molar-refractivity contribution >= 4 is 0 Å². The lowest BCUT2D eigenvalue weighted by Crippen LogP contribution is -2.49. The van der Waals surface area contributed by atoms with E-state index in [0.717, 1.165) is 11.8 Å². The molecule has 4 atom stereocenters. The molecule has 0 radical (unpaired) electrons. The van der Waals surface area contributed by atoms with E-state index in [0.29, 0.717) is 12.1 Å². The van der Waals surface area contributed by atoms with Gasteiger partial charge < -0.3 is 5.32 Å². The number of rotatable bonds is 2. The summed E-state index contributed by atoms with van der Waals surface area (Å²) in [7, 11) is 2.13. The number of hydrogen-bond acceptors (Lipinski definition) is 2. The van der Waals surface area contributed by atoms with Gasteiger partial charge in [-0.15, -0.1) is 0 Å². The number of aryl methyl sites for hydroxylation is 1. The average molecular weight is 286 g/mol. The van der Waals surface area contributed by atoms with Crippen LogP contribution < -0.4 is 5.32 Å². The Kier molecular flexibility index (Phi) is 4.66. The van der Waals surface area contributed by atoms with Gasteiger partial charge in [0.2, 0.25) is 0 Å². The van der Waals surface area contributed by atoms with E-state index in [1.165, 1.54) is 44.3 Å². The van der Waals surface area contributed by atoms with Gasteiger partial charge in [0.1, 0.15) is 0 Å². The van der Waals surface area contributed by atoms with Gasteiger partial charge in [0.15, 0.2) is 0 Å². The van der Waals surface area contributed by atoms with Crippen LogP contribution in [0, 0.1) is 11.8 Å². The topological polar surface area (TPSA) is 15.3 Å². The van der Waals surface area contributed by atoms with Gasteiger partial charge >= 0.3 is 0 Å². The highest BCUT2D eigenvalue weighted by molar-refractivity contribution is 5.32. The maximum atomic E-state index is 3.63. The van der Waals surface area contributed by atoms with E-state index < -0.39 is 0 Å². The molecule has 1 aromatic rings. The van der Waals surface area contributed by atoms with Gasteiger partial charge in [-0.1, -0.05) is 38.1 Å². The number of nitrogens with one attached hydrogen (secondary N) is 1. The van der Waals surface area contributed by atoms with Crippen molar-refractivity contribution in [3.8, 4) is 0 Å². The second kappa shape index (κ2) is 6.50. The summed E-state index contributed by atoms with van der Waals surface area (Å²) in [5, 5.41) is 3.63. The molecule has 21 heavy (non-hydrogen) atoms. The molecule has 0 bridgehead atoms. The number of hydrogen-bond donors (Lipinski definition) is 1. The van der Waals surface area contributed by atoms with Gasteiger partial charge in [0.05, 0.1) is 0 Å². The zero-order chi connectivity index (χ0) is 14.8. The fraction of sp³-hybridized carbons (Fsp3) is 0.684. The van der Waals surface area contributed by atoms with Gasteiger partial charge in [-0.25, -0.2) is 0 Å². The molecule has 0 saturated carbocycles. The van der Waals surface area contributed by atoms with Crippen LogP contribution in [-0.4, -0.2) is 31.1 Å². The first-order chi connectivity index (χ1) is 10.2. The minimum Gasteiger partial charge on any atom is -0.312 e. The number of piperidine rings is 1. The maximum absolute atomic E-state index is 3.63. The molecule has 3 rings (SSSR count). The van der Waals surface area contributed by atoms with Gasteiger partial charge in [0.25, 0.3) is 0 Å². The predicted molar refractivity (Wildman–Crippen MR) is 89.5 cm³/mol. The third-order valence-electron chi connectivity index (χ3n) is 5.87. The highest BCUT2D eigenvalue weighted by Crippen LogP contribution is 2.34. The number of likely N-dealkylation sites (N-methyl/N-ethyl adjacent to an activating group) is 1. The molecular formula is C19H30N2. The Hall–Kier alpha value is -0.860. The van der Waals surface area contributed by atoms with Gasteiger partial charge in [-0.05, 0) is 62.2 Å². The molecule has 1 aromatic carbocycles. The summed E-state index contributed by atoms with van der Waals surface area (Å²) >= 11 is 0. The summed E-state index contributed by atoms with van der Waals surface area (Å²) in [5.41, 5.74) is 3.09. The van der Waals surface area contributed by atoms with E-state index in [1.54, 1.807) is 5.56 Å². The van der Waals surface area contributed by atoms with Gasteiger partial charge in [-0.2, -0.15) is 0 Å². The predicted octanol–water partition coefficient (Wildman–Crippen LogP) is 3.63. The highest BCUT2D eigenvalue weighted by Gasteiger charge is 2.34. The molecule has 4 unspecified atom stereocenters. The van der Waals surface area contributed by atoms with Crippen molar-refractivity contribution in [1.82, 2.24) is 10.2 Å². The Morgan fingerprint density at radius 1 is 1.10 bits per heavy atom. The van der Waals surface area contributed by atoms with Crippen LogP contribution in [0.25, 0.3) is 0 Å². The normalized spacial score (nSPS) is 34.2. The van der Waals surface area contributed by atoms with Crippen LogP contribution in [0.2, 0.25) is 0 Å². The standard InChI is InChI=1S/C19H30N2/c1-14-11-12-21(13-15(14)2)18-10-6-8-16-7-4-5-9-17(16)19(18)20-3/h4-5,7,9,14-15,18-20H,6,8,10-13H2,1-3H3. The Morgan fingerprint density at radius 2 is 1.90 bits per heavy atom. The molecular weight excluding hydrogens is 256 g/mol. The zero-order valence-electron chi connectivity index (χ0n) is 13.8. The van der Waals surface area contributed by atoms with Gasteiger partial charge in [-0.3, -0.25) is 4.90 Å². The Labute approximate surface area is 129 Å². The monoisotopic (exact) mass is 286 g/mol. The van der Waals surface area contributed by atoms with Crippen molar-refractivity contribution in [1.29, 1.82) is 0 Å². The number of likely N-dealkylation sites (tertiary alicyclic amines) is 1. The fourth-order valence-corrected chi connectivity index (χ4v) is 4.28. The largest absolute Gasteiger partial charge is 0.312 e. The molecule has 1 aliphatic carbocycles. The summed E-state index contributed by atoms with van der Waals surface area (Å²) < 4.78 is 0. The first kappa shape index (κ1) is 15.1. The van der Waals surface area contributed by atoms with E-state index >= 15 is 0 Å². The van der Waals surface area contributed by atoms with E-state index in [2.05, 4.69) is 55.4 Å². The molecule has 0 amide bonds. The maximum Gasteiger partial charge on any atom is 0.0478 e. The fourth-order valence-electron chi connectivity index (χ4n) is 4.28. The number of fused-ring (bicyclic) bond motifs is 1. The molecule has 0 aromatic heterocycles. The molecule has 1 N–H and O–H groups in total. The third kappa shape index (κ3) is 3.02. The molecule has 2 heteroatoms. The van der Waals surface area contributed by atoms with Crippen molar-refractivity contribution < 1.29 is 0 Å². The number of benzene rings is 1. The van der Waals surface area contributed by atoms with Crippen LogP contribution in [0.5, 0.6) is 0 Å². The van der Waals surface area contributed by atoms with Crippen molar-refractivity contribution in [3.05, 3.63) is 35.4 Å². The van der Waals surface area contributed by atoms with Crippen LogP contribution in [0.15, 0.2) is 24.3 Å². The third-order valence-corrected chi connectivity index (χ3v) is 5.87. The summed E-state index contributed by atoms with van der Waals surface area (Å²) in [6, 6.07) is 10.2. The SMILES string of the molecule is CNC1c2ccccc2CCCC1N1CCC(C)C(C)C1. The quantitative estimate of drug-likeness (QED) is 0.835. The summed E-state index contributed by atoms with van der Waals surface area (Å²) in [5.74, 6) is 1.71. The highest BCUT2D eigenvalue weighted by atomic mass is 15.2. The molecule has 1 aliphatic heterocycles. The smallest absolute Gasteiger partial charge is 0.0478 e. The molecule has 116 valence electrons. The zero-order valence-corrected chi connectivity index (χ0v) is 13.8.